The monoisotopic (exact) mass is 349 g/mol. The number of nitrogens with zero attached hydrogens (tertiary/aromatic N) is 1. The molecule has 7 heteroatoms. The van der Waals surface area contributed by atoms with Gasteiger partial charge >= 0.3 is 6.18 Å². The maximum atomic E-state index is 13.1. The Morgan fingerprint density at radius 3 is 2.50 bits per heavy atom. The number of aliphatic hydroxyl groups excluding tert-OH is 1. The van der Waals surface area contributed by atoms with Crippen LogP contribution in [0.1, 0.15) is 22.8 Å². The van der Waals surface area contributed by atoms with Crippen molar-refractivity contribution in [3.05, 3.63) is 63.6 Å². The van der Waals surface area contributed by atoms with E-state index < -0.39 is 23.7 Å². The summed E-state index contributed by atoms with van der Waals surface area (Å²) in [6, 6.07) is 4.30. The summed E-state index contributed by atoms with van der Waals surface area (Å²) in [6.07, 6.45) is -4.20. The Balaban J connectivity index is 2.48. The van der Waals surface area contributed by atoms with Crippen LogP contribution in [0, 0.1) is 5.82 Å². The fourth-order valence-electron chi connectivity index (χ4n) is 1.74. The number of halogens is 5. The van der Waals surface area contributed by atoms with E-state index in [1.165, 1.54) is 12.1 Å². The smallest absolute Gasteiger partial charge is 0.384 e. The number of benzene rings is 1. The van der Waals surface area contributed by atoms with Crippen molar-refractivity contribution in [2.45, 2.75) is 12.3 Å². The van der Waals surface area contributed by atoms with E-state index in [0.29, 0.717) is 0 Å². The van der Waals surface area contributed by atoms with E-state index in [-0.39, 0.29) is 15.6 Å². The standard InChI is InChI=1S/C13H8BrF4NO/c14-10-5-7(1-2-11(10)15)12(20)8-6-19-4-3-9(8)13(16,17)18/h1-6,12,20H. The number of hydrogen-bond donors (Lipinski definition) is 1. The van der Waals surface area contributed by atoms with Crippen LogP contribution in [-0.2, 0) is 6.18 Å². The molecule has 0 amide bonds. The number of aliphatic hydroxyl groups is 1. The first-order valence-electron chi connectivity index (χ1n) is 5.45. The average Bonchev–Trinajstić information content (AvgIpc) is 2.40. The molecule has 1 atom stereocenters. The van der Waals surface area contributed by atoms with Crippen molar-refractivity contribution in [1.82, 2.24) is 4.98 Å². The molecule has 20 heavy (non-hydrogen) atoms. The Morgan fingerprint density at radius 2 is 1.90 bits per heavy atom. The number of rotatable bonds is 2. The SMILES string of the molecule is OC(c1ccc(F)c(Br)c1)c1cnccc1C(F)(F)F. The fraction of sp³-hybridized carbons (Fsp3) is 0.154. The number of aromatic nitrogens is 1. The summed E-state index contributed by atoms with van der Waals surface area (Å²) in [5, 5.41) is 10.1. The van der Waals surface area contributed by atoms with E-state index in [4.69, 9.17) is 0 Å². The molecule has 1 aromatic carbocycles. The zero-order valence-electron chi connectivity index (χ0n) is 9.83. The molecule has 0 aliphatic rings. The lowest BCUT2D eigenvalue weighted by Gasteiger charge is -2.17. The van der Waals surface area contributed by atoms with Crippen molar-refractivity contribution in [3.8, 4) is 0 Å². The Bertz CT molecular complexity index is 630. The van der Waals surface area contributed by atoms with Crippen LogP contribution in [-0.4, -0.2) is 10.1 Å². The van der Waals surface area contributed by atoms with E-state index >= 15 is 0 Å². The molecule has 0 bridgehead atoms. The number of alkyl halides is 3. The van der Waals surface area contributed by atoms with E-state index in [1.807, 2.05) is 0 Å². The third kappa shape index (κ3) is 2.99. The molecular formula is C13H8BrF4NO. The summed E-state index contributed by atoms with van der Waals surface area (Å²) in [4.78, 5) is 3.60. The van der Waals surface area contributed by atoms with Crippen LogP contribution in [0.15, 0.2) is 41.1 Å². The minimum Gasteiger partial charge on any atom is -0.384 e. The van der Waals surface area contributed by atoms with E-state index in [1.54, 1.807) is 0 Å². The minimum absolute atomic E-state index is 0.0616. The number of pyridine rings is 1. The maximum absolute atomic E-state index is 13.1. The van der Waals surface area contributed by atoms with Gasteiger partial charge in [0.25, 0.3) is 0 Å². The second kappa shape index (κ2) is 5.49. The Morgan fingerprint density at radius 1 is 1.20 bits per heavy atom. The molecule has 0 aliphatic carbocycles. The summed E-state index contributed by atoms with van der Waals surface area (Å²) < 4.78 is 51.8. The average molecular weight is 350 g/mol. The highest BCUT2D eigenvalue weighted by atomic mass is 79.9. The van der Waals surface area contributed by atoms with Gasteiger partial charge in [-0.05, 0) is 39.7 Å². The lowest BCUT2D eigenvalue weighted by molar-refractivity contribution is -0.139. The summed E-state index contributed by atoms with van der Waals surface area (Å²) in [7, 11) is 0. The predicted molar refractivity (Wildman–Crippen MR) is 67.4 cm³/mol. The normalized spacial score (nSPS) is 13.3. The molecule has 106 valence electrons. The van der Waals surface area contributed by atoms with Crippen molar-refractivity contribution in [2.24, 2.45) is 0 Å². The molecule has 1 heterocycles. The molecule has 1 N–H and O–H groups in total. The highest BCUT2D eigenvalue weighted by Gasteiger charge is 2.35. The van der Waals surface area contributed by atoms with E-state index in [9.17, 15) is 22.7 Å². The first-order chi connectivity index (χ1) is 9.30. The van der Waals surface area contributed by atoms with Gasteiger partial charge in [-0.1, -0.05) is 6.07 Å². The van der Waals surface area contributed by atoms with Gasteiger partial charge in [-0.15, -0.1) is 0 Å². The van der Waals surface area contributed by atoms with E-state index in [2.05, 4.69) is 20.9 Å². The fourth-order valence-corrected chi connectivity index (χ4v) is 2.14. The van der Waals surface area contributed by atoms with Crippen LogP contribution >= 0.6 is 15.9 Å². The third-order valence-corrected chi connectivity index (χ3v) is 3.32. The molecule has 0 fully saturated rings. The van der Waals surface area contributed by atoms with Crippen molar-refractivity contribution in [1.29, 1.82) is 0 Å². The molecule has 0 radical (unpaired) electrons. The summed E-state index contributed by atoms with van der Waals surface area (Å²) >= 11 is 2.92. The van der Waals surface area contributed by atoms with Gasteiger partial charge in [0.1, 0.15) is 11.9 Å². The van der Waals surface area contributed by atoms with Crippen molar-refractivity contribution in [2.75, 3.05) is 0 Å². The zero-order chi connectivity index (χ0) is 14.9. The maximum Gasteiger partial charge on any atom is 0.416 e. The quantitative estimate of drug-likeness (QED) is 0.828. The van der Waals surface area contributed by atoms with Crippen LogP contribution in [0.25, 0.3) is 0 Å². The van der Waals surface area contributed by atoms with Gasteiger partial charge in [-0.25, -0.2) is 4.39 Å². The van der Waals surface area contributed by atoms with Crippen LogP contribution in [0.4, 0.5) is 17.6 Å². The topological polar surface area (TPSA) is 33.1 Å². The molecule has 0 saturated heterocycles. The van der Waals surface area contributed by atoms with Crippen LogP contribution in [0.5, 0.6) is 0 Å². The van der Waals surface area contributed by atoms with Crippen LogP contribution in [0.3, 0.4) is 0 Å². The van der Waals surface area contributed by atoms with Crippen molar-refractivity contribution >= 4 is 15.9 Å². The summed E-state index contributed by atoms with van der Waals surface area (Å²) in [6.45, 7) is 0. The zero-order valence-corrected chi connectivity index (χ0v) is 11.4. The second-order valence-corrected chi connectivity index (χ2v) is 4.89. The molecule has 2 aromatic rings. The molecule has 1 unspecified atom stereocenters. The Kier molecular flexibility index (Phi) is 4.10. The molecule has 1 aromatic heterocycles. The van der Waals surface area contributed by atoms with Crippen LogP contribution < -0.4 is 0 Å². The third-order valence-electron chi connectivity index (χ3n) is 2.71. The second-order valence-electron chi connectivity index (χ2n) is 4.04. The Labute approximate surface area is 120 Å². The molecular weight excluding hydrogens is 342 g/mol. The summed E-state index contributed by atoms with van der Waals surface area (Å²) in [5.41, 5.74) is -1.21. The largest absolute Gasteiger partial charge is 0.416 e. The molecule has 0 aliphatic heterocycles. The van der Waals surface area contributed by atoms with E-state index in [0.717, 1.165) is 24.5 Å². The van der Waals surface area contributed by atoms with Gasteiger partial charge in [0.2, 0.25) is 0 Å². The predicted octanol–water partition coefficient (Wildman–Crippen LogP) is 4.08. The first kappa shape index (κ1) is 14.9. The summed E-state index contributed by atoms with van der Waals surface area (Å²) in [5.74, 6) is -0.566. The van der Waals surface area contributed by atoms with Gasteiger partial charge in [0, 0.05) is 18.0 Å². The van der Waals surface area contributed by atoms with Gasteiger partial charge in [-0.2, -0.15) is 13.2 Å². The molecule has 2 rings (SSSR count). The molecule has 0 spiro atoms. The highest BCUT2D eigenvalue weighted by molar-refractivity contribution is 9.10. The lowest BCUT2D eigenvalue weighted by Crippen LogP contribution is -2.13. The molecule has 0 saturated carbocycles. The van der Waals surface area contributed by atoms with Gasteiger partial charge < -0.3 is 5.11 Å². The van der Waals surface area contributed by atoms with Gasteiger partial charge in [0.15, 0.2) is 0 Å². The number of hydrogen-bond acceptors (Lipinski definition) is 2. The van der Waals surface area contributed by atoms with Crippen molar-refractivity contribution in [3.63, 3.8) is 0 Å². The Hall–Kier alpha value is -1.47. The van der Waals surface area contributed by atoms with Crippen LogP contribution in [0.2, 0.25) is 0 Å². The highest BCUT2D eigenvalue weighted by Crippen LogP contribution is 2.36. The van der Waals surface area contributed by atoms with Gasteiger partial charge in [-0.3, -0.25) is 4.98 Å². The van der Waals surface area contributed by atoms with Gasteiger partial charge in [0.05, 0.1) is 10.0 Å². The minimum atomic E-state index is -4.60. The lowest BCUT2D eigenvalue weighted by atomic mass is 9.98. The molecule has 2 nitrogen and oxygen atoms in total. The first-order valence-corrected chi connectivity index (χ1v) is 6.24. The van der Waals surface area contributed by atoms with Crippen molar-refractivity contribution < 1.29 is 22.7 Å².